The van der Waals surface area contributed by atoms with Gasteiger partial charge in [-0.3, -0.25) is 9.59 Å². The van der Waals surface area contributed by atoms with Crippen molar-refractivity contribution in [1.29, 1.82) is 0 Å². The molecule has 0 aromatic rings. The molecule has 0 amide bonds. The van der Waals surface area contributed by atoms with E-state index in [1.165, 1.54) is 38.5 Å². The van der Waals surface area contributed by atoms with Crippen molar-refractivity contribution in [3.8, 4) is 0 Å². The van der Waals surface area contributed by atoms with Gasteiger partial charge in [0, 0.05) is 19.4 Å². The van der Waals surface area contributed by atoms with E-state index in [4.69, 9.17) is 18.9 Å². The summed E-state index contributed by atoms with van der Waals surface area (Å²) in [6.07, 6.45) is 12.2. The number of unbranched alkanes of at least 4 members (excludes halogenated alkanes) is 9. The highest BCUT2D eigenvalue weighted by molar-refractivity contribution is 5.69. The zero-order valence-corrected chi connectivity index (χ0v) is 24.4. The smallest absolute Gasteiger partial charge is 0.466 e. The Kier molecular flexibility index (Phi) is 25.4. The second-order valence-electron chi connectivity index (χ2n) is 9.78. The number of nitrogens with zero attached hydrogens (tertiary/aromatic N) is 1. The Morgan fingerprint density at radius 1 is 0.632 bits per heavy atom. The molecule has 0 aliphatic rings. The van der Waals surface area contributed by atoms with Gasteiger partial charge in [-0.25, -0.2) is 4.79 Å². The van der Waals surface area contributed by atoms with E-state index < -0.39 is 12.1 Å². The van der Waals surface area contributed by atoms with Crippen molar-refractivity contribution in [2.24, 2.45) is 5.92 Å². The summed E-state index contributed by atoms with van der Waals surface area (Å²) in [6, 6.07) is 0. The van der Waals surface area contributed by atoms with Crippen LogP contribution < -0.4 is 0 Å². The maximum atomic E-state index is 11.9. The van der Waals surface area contributed by atoms with Gasteiger partial charge in [-0.15, -0.1) is 0 Å². The predicted octanol–water partition coefficient (Wildman–Crippen LogP) is 5.66. The number of carbonyl (C=O) groups is 3. The fraction of sp³-hybridized carbons (Fsp3) is 0.897. The van der Waals surface area contributed by atoms with Gasteiger partial charge < -0.3 is 29.0 Å². The van der Waals surface area contributed by atoms with Crippen molar-refractivity contribution in [2.75, 3.05) is 52.7 Å². The lowest BCUT2D eigenvalue weighted by atomic mass is 10.1. The number of carbonyl (C=O) groups excluding carboxylic acids is 3. The van der Waals surface area contributed by atoms with E-state index in [0.29, 0.717) is 25.9 Å². The minimum Gasteiger partial charge on any atom is -0.466 e. The summed E-state index contributed by atoms with van der Waals surface area (Å²) in [4.78, 5) is 37.7. The van der Waals surface area contributed by atoms with Crippen LogP contribution in [0.4, 0.5) is 4.79 Å². The van der Waals surface area contributed by atoms with Crippen molar-refractivity contribution in [1.82, 2.24) is 4.90 Å². The van der Waals surface area contributed by atoms with Crippen molar-refractivity contribution in [2.45, 2.75) is 111 Å². The van der Waals surface area contributed by atoms with Crippen molar-refractivity contribution >= 4 is 18.1 Å². The van der Waals surface area contributed by atoms with Gasteiger partial charge in [0.05, 0.1) is 32.3 Å². The highest BCUT2D eigenvalue weighted by Gasteiger charge is 2.15. The summed E-state index contributed by atoms with van der Waals surface area (Å²) in [5, 5.41) is 9.45. The molecule has 224 valence electrons. The summed E-state index contributed by atoms with van der Waals surface area (Å²) in [5.74, 6) is -1.05. The molecule has 0 aliphatic heterocycles. The average Bonchev–Trinajstić information content (AvgIpc) is 2.92. The van der Waals surface area contributed by atoms with Crippen molar-refractivity contribution in [3.05, 3.63) is 0 Å². The van der Waals surface area contributed by atoms with Crippen LogP contribution in [0.1, 0.15) is 111 Å². The predicted molar refractivity (Wildman–Crippen MR) is 148 cm³/mol. The molecule has 0 aromatic heterocycles. The van der Waals surface area contributed by atoms with Gasteiger partial charge in [-0.05, 0) is 38.8 Å². The van der Waals surface area contributed by atoms with Crippen LogP contribution in [-0.4, -0.2) is 80.8 Å². The normalized spacial score (nSPS) is 11.8. The Labute approximate surface area is 230 Å². The fourth-order valence-corrected chi connectivity index (χ4v) is 3.86. The average molecular weight is 546 g/mol. The number of aliphatic hydroxyl groups excluding tert-OH is 1. The molecule has 0 saturated carbocycles. The fourth-order valence-electron chi connectivity index (χ4n) is 3.86. The first-order chi connectivity index (χ1) is 18.5. The minimum atomic E-state index is -0.786. The molecule has 0 fully saturated rings. The van der Waals surface area contributed by atoms with Crippen molar-refractivity contribution < 1.29 is 38.4 Å². The lowest BCUT2D eigenvalue weighted by molar-refractivity contribution is -0.146. The standard InChI is InChI=1S/C29H55NO8/c1-4-7-8-9-10-11-12-16-21-35-27(32)18-14-13-15-19-28(33)37-24-26(23-31)25-38-29(34)36-22-17-20-30(5-2)6-3/h26,31H,4-25H2,1-3H3. The van der Waals surface area contributed by atoms with Gasteiger partial charge in [-0.2, -0.15) is 0 Å². The number of hydrogen-bond acceptors (Lipinski definition) is 9. The summed E-state index contributed by atoms with van der Waals surface area (Å²) >= 11 is 0. The molecular weight excluding hydrogens is 490 g/mol. The Bertz CT molecular complexity index is 583. The van der Waals surface area contributed by atoms with E-state index in [0.717, 1.165) is 45.3 Å². The molecule has 0 aliphatic carbocycles. The van der Waals surface area contributed by atoms with Gasteiger partial charge in [-0.1, -0.05) is 72.1 Å². The van der Waals surface area contributed by atoms with E-state index >= 15 is 0 Å². The van der Waals surface area contributed by atoms with E-state index in [1.54, 1.807) is 0 Å². The van der Waals surface area contributed by atoms with E-state index in [-0.39, 0.29) is 44.8 Å². The Morgan fingerprint density at radius 3 is 1.76 bits per heavy atom. The molecule has 38 heavy (non-hydrogen) atoms. The topological polar surface area (TPSA) is 112 Å². The first-order valence-corrected chi connectivity index (χ1v) is 14.9. The third-order valence-electron chi connectivity index (χ3n) is 6.43. The van der Waals surface area contributed by atoms with Crippen LogP contribution in [0.3, 0.4) is 0 Å². The first-order valence-electron chi connectivity index (χ1n) is 14.9. The van der Waals surface area contributed by atoms with Crippen LogP contribution in [0.15, 0.2) is 0 Å². The number of rotatable bonds is 26. The maximum absolute atomic E-state index is 11.9. The monoisotopic (exact) mass is 545 g/mol. The zero-order valence-electron chi connectivity index (χ0n) is 24.4. The van der Waals surface area contributed by atoms with Crippen LogP contribution in [0.2, 0.25) is 0 Å². The third-order valence-corrected chi connectivity index (χ3v) is 6.43. The molecule has 0 aromatic carbocycles. The van der Waals surface area contributed by atoms with E-state index in [1.807, 2.05) is 0 Å². The molecule has 1 atom stereocenters. The molecule has 0 bridgehead atoms. The van der Waals surface area contributed by atoms with Gasteiger partial charge >= 0.3 is 18.1 Å². The maximum Gasteiger partial charge on any atom is 0.508 e. The molecule has 9 heteroatoms. The highest BCUT2D eigenvalue weighted by atomic mass is 16.7. The summed E-state index contributed by atoms with van der Waals surface area (Å²) in [5.41, 5.74) is 0. The van der Waals surface area contributed by atoms with E-state index in [2.05, 4.69) is 25.7 Å². The SMILES string of the molecule is CCCCCCCCCCOC(=O)CCCCCC(=O)OCC(CO)COC(=O)OCCCN(CC)CC. The number of ether oxygens (including phenoxy) is 4. The Morgan fingerprint density at radius 2 is 1.16 bits per heavy atom. The molecule has 1 N–H and O–H groups in total. The van der Waals surface area contributed by atoms with Crippen LogP contribution in [0.25, 0.3) is 0 Å². The summed E-state index contributed by atoms with van der Waals surface area (Å²) in [7, 11) is 0. The zero-order chi connectivity index (χ0) is 28.3. The largest absolute Gasteiger partial charge is 0.508 e. The summed E-state index contributed by atoms with van der Waals surface area (Å²) < 4.78 is 20.5. The highest BCUT2D eigenvalue weighted by Crippen LogP contribution is 2.10. The number of esters is 2. The molecule has 1 unspecified atom stereocenters. The van der Waals surface area contributed by atoms with Gasteiger partial charge in [0.15, 0.2) is 0 Å². The Hall–Kier alpha value is -1.87. The second kappa shape index (κ2) is 26.7. The van der Waals surface area contributed by atoms with E-state index in [9.17, 15) is 19.5 Å². The van der Waals surface area contributed by atoms with Gasteiger partial charge in [0.25, 0.3) is 0 Å². The molecule has 0 saturated heterocycles. The Balaban J connectivity index is 3.68. The molecular formula is C29H55NO8. The molecule has 0 radical (unpaired) electrons. The second-order valence-corrected chi connectivity index (χ2v) is 9.78. The third kappa shape index (κ3) is 23.3. The van der Waals surface area contributed by atoms with Crippen LogP contribution in [-0.2, 0) is 28.5 Å². The molecule has 0 rings (SSSR count). The van der Waals surface area contributed by atoms with Crippen LogP contribution in [0.5, 0.6) is 0 Å². The number of aliphatic hydroxyl groups is 1. The number of hydrogen-bond donors (Lipinski definition) is 1. The molecule has 9 nitrogen and oxygen atoms in total. The lowest BCUT2D eigenvalue weighted by Crippen LogP contribution is -2.26. The molecule has 0 heterocycles. The minimum absolute atomic E-state index is 0.0321. The quantitative estimate of drug-likeness (QED) is 0.0836. The van der Waals surface area contributed by atoms with Crippen LogP contribution in [0, 0.1) is 5.92 Å². The first kappa shape index (κ1) is 36.1. The van der Waals surface area contributed by atoms with Crippen molar-refractivity contribution in [3.63, 3.8) is 0 Å². The van der Waals surface area contributed by atoms with Gasteiger partial charge in [0.1, 0.15) is 6.61 Å². The lowest BCUT2D eigenvalue weighted by Gasteiger charge is -2.17. The van der Waals surface area contributed by atoms with Gasteiger partial charge in [0.2, 0.25) is 0 Å². The molecule has 0 spiro atoms. The summed E-state index contributed by atoms with van der Waals surface area (Å²) in [6.45, 7) is 9.50. The van der Waals surface area contributed by atoms with Crippen LogP contribution >= 0.6 is 0 Å².